The second-order valence-corrected chi connectivity index (χ2v) is 5.81. The van der Waals surface area contributed by atoms with Gasteiger partial charge in [0.1, 0.15) is 0 Å². The van der Waals surface area contributed by atoms with Crippen LogP contribution in [0.25, 0.3) is 0 Å². The van der Waals surface area contributed by atoms with Crippen LogP contribution in [0.3, 0.4) is 0 Å². The van der Waals surface area contributed by atoms with Gasteiger partial charge in [0.25, 0.3) is 0 Å². The lowest BCUT2D eigenvalue weighted by Crippen LogP contribution is -2.12. The number of hydrogen-bond donors (Lipinski definition) is 0. The van der Waals surface area contributed by atoms with Crippen molar-refractivity contribution in [2.24, 2.45) is 0 Å². The average Bonchev–Trinajstić information content (AvgIpc) is 2.62. The normalized spacial score (nSPS) is 11.6. The Bertz CT molecular complexity index is 350. The smallest absolute Gasteiger partial charge is 0.183 e. The highest BCUT2D eigenvalue weighted by molar-refractivity contribution is 5.24. The maximum Gasteiger partial charge on any atom is 0.183 e. The van der Waals surface area contributed by atoms with Gasteiger partial charge < -0.3 is 18.9 Å². The fourth-order valence-corrected chi connectivity index (χ4v) is 2.19. The third-order valence-corrected chi connectivity index (χ3v) is 3.37. The molecule has 0 spiro atoms. The molecule has 1 aromatic carbocycles. The molecule has 0 saturated carbocycles. The lowest BCUT2D eigenvalue weighted by molar-refractivity contribution is -0.148. The first kappa shape index (κ1) is 21.1. The van der Waals surface area contributed by atoms with Gasteiger partial charge in [-0.2, -0.15) is 0 Å². The Kier molecular flexibility index (Phi) is 11.7. The van der Waals surface area contributed by atoms with Crippen molar-refractivity contribution in [3.05, 3.63) is 35.4 Å². The highest BCUT2D eigenvalue weighted by Gasteiger charge is 2.15. The molecule has 1 rings (SSSR count). The minimum absolute atomic E-state index is 0.300. The van der Waals surface area contributed by atoms with Crippen molar-refractivity contribution in [1.29, 1.82) is 0 Å². The first-order valence-corrected chi connectivity index (χ1v) is 9.32. The summed E-state index contributed by atoms with van der Waals surface area (Å²) in [4.78, 5) is 0. The molecule has 0 bridgehead atoms. The first-order chi connectivity index (χ1) is 11.8. The summed E-state index contributed by atoms with van der Waals surface area (Å²) in [6.45, 7) is 11.2. The predicted octanol–water partition coefficient (Wildman–Crippen LogP) is 5.39. The van der Waals surface area contributed by atoms with Crippen LogP contribution in [0.1, 0.15) is 77.1 Å². The fourth-order valence-electron chi connectivity index (χ4n) is 2.19. The minimum atomic E-state index is -0.300. The molecular weight excluding hydrogens is 304 g/mol. The molecule has 0 fully saturated rings. The molecule has 138 valence electrons. The van der Waals surface area contributed by atoms with Crippen LogP contribution < -0.4 is 0 Å². The van der Waals surface area contributed by atoms with Crippen molar-refractivity contribution in [3.63, 3.8) is 0 Å². The summed E-state index contributed by atoms with van der Waals surface area (Å²) >= 11 is 0. The molecule has 0 radical (unpaired) electrons. The van der Waals surface area contributed by atoms with E-state index in [9.17, 15) is 0 Å². The summed E-state index contributed by atoms with van der Waals surface area (Å²) in [7, 11) is 0. The summed E-state index contributed by atoms with van der Waals surface area (Å²) in [6, 6.07) is 8.18. The van der Waals surface area contributed by atoms with E-state index in [4.69, 9.17) is 18.9 Å². The molecule has 0 aliphatic heterocycles. The van der Waals surface area contributed by atoms with E-state index in [0.29, 0.717) is 26.4 Å². The van der Waals surface area contributed by atoms with E-state index in [0.717, 1.165) is 36.8 Å². The molecular formula is C20H34O4. The first-order valence-electron chi connectivity index (χ1n) is 9.32. The van der Waals surface area contributed by atoms with Gasteiger partial charge in [0, 0.05) is 37.6 Å². The summed E-state index contributed by atoms with van der Waals surface area (Å²) in [5.74, 6) is 0. The van der Waals surface area contributed by atoms with Crippen molar-refractivity contribution >= 4 is 0 Å². The van der Waals surface area contributed by atoms with Gasteiger partial charge in [-0.25, -0.2) is 0 Å². The van der Waals surface area contributed by atoms with Gasteiger partial charge in [-0.15, -0.1) is 0 Å². The van der Waals surface area contributed by atoms with E-state index in [1.807, 2.05) is 24.3 Å². The van der Waals surface area contributed by atoms with Crippen molar-refractivity contribution < 1.29 is 18.9 Å². The molecule has 0 aliphatic carbocycles. The summed E-state index contributed by atoms with van der Waals surface area (Å²) < 4.78 is 23.3. The van der Waals surface area contributed by atoms with Crippen molar-refractivity contribution in [2.45, 2.75) is 66.0 Å². The zero-order valence-electron chi connectivity index (χ0n) is 15.8. The quantitative estimate of drug-likeness (QED) is 0.426. The molecule has 4 nitrogen and oxygen atoms in total. The summed E-state index contributed by atoms with van der Waals surface area (Å²) in [5, 5.41) is 0. The molecule has 0 atom stereocenters. The number of hydrogen-bond acceptors (Lipinski definition) is 4. The van der Waals surface area contributed by atoms with Crippen LogP contribution in [-0.2, 0) is 18.9 Å². The van der Waals surface area contributed by atoms with Crippen LogP contribution in [0, 0.1) is 0 Å². The molecule has 0 saturated heterocycles. The molecule has 24 heavy (non-hydrogen) atoms. The van der Waals surface area contributed by atoms with Crippen LogP contribution in [-0.4, -0.2) is 26.4 Å². The van der Waals surface area contributed by atoms with Gasteiger partial charge >= 0.3 is 0 Å². The van der Waals surface area contributed by atoms with Gasteiger partial charge in [0.15, 0.2) is 12.6 Å². The van der Waals surface area contributed by atoms with Gasteiger partial charge in [-0.3, -0.25) is 0 Å². The Hall–Kier alpha value is -0.940. The third-order valence-electron chi connectivity index (χ3n) is 3.37. The molecule has 4 heteroatoms. The van der Waals surface area contributed by atoms with E-state index in [1.54, 1.807) is 0 Å². The Balaban J connectivity index is 2.77. The Morgan fingerprint density at radius 2 is 0.792 bits per heavy atom. The van der Waals surface area contributed by atoms with Crippen LogP contribution in [0.5, 0.6) is 0 Å². The Morgan fingerprint density at radius 3 is 1.00 bits per heavy atom. The fraction of sp³-hybridized carbons (Fsp3) is 0.700. The van der Waals surface area contributed by atoms with Crippen molar-refractivity contribution in [1.82, 2.24) is 0 Å². The highest BCUT2D eigenvalue weighted by atomic mass is 16.7. The Labute approximate surface area is 147 Å². The standard InChI is InChI=1S/C20H34O4/c1-5-13-21-19(22-14-6-2)17-9-11-18(12-10-17)20(23-15-7-3)24-16-8-4/h9-12,19-20H,5-8,13-16H2,1-4H3. The molecule has 0 heterocycles. The molecule has 0 N–H and O–H groups in total. The second kappa shape index (κ2) is 13.4. The van der Waals surface area contributed by atoms with Crippen LogP contribution in [0.4, 0.5) is 0 Å². The van der Waals surface area contributed by atoms with Gasteiger partial charge in [-0.1, -0.05) is 52.0 Å². The van der Waals surface area contributed by atoms with Crippen molar-refractivity contribution in [3.8, 4) is 0 Å². The zero-order valence-corrected chi connectivity index (χ0v) is 15.8. The molecule has 1 aromatic rings. The van der Waals surface area contributed by atoms with E-state index >= 15 is 0 Å². The molecule has 0 unspecified atom stereocenters. The number of rotatable bonds is 14. The largest absolute Gasteiger partial charge is 0.348 e. The Morgan fingerprint density at radius 1 is 0.542 bits per heavy atom. The molecule has 0 aromatic heterocycles. The van der Waals surface area contributed by atoms with Gasteiger partial charge in [0.05, 0.1) is 0 Å². The van der Waals surface area contributed by atoms with E-state index in [-0.39, 0.29) is 12.6 Å². The SMILES string of the molecule is CCCOC(OCCC)c1ccc(C(OCCC)OCCC)cc1. The highest BCUT2D eigenvalue weighted by Crippen LogP contribution is 2.24. The maximum atomic E-state index is 5.82. The van der Waals surface area contributed by atoms with Crippen LogP contribution in [0.2, 0.25) is 0 Å². The van der Waals surface area contributed by atoms with E-state index < -0.39 is 0 Å². The summed E-state index contributed by atoms with van der Waals surface area (Å²) in [5.41, 5.74) is 2.07. The van der Waals surface area contributed by atoms with E-state index in [2.05, 4.69) is 27.7 Å². The van der Waals surface area contributed by atoms with E-state index in [1.165, 1.54) is 0 Å². The predicted molar refractivity (Wildman–Crippen MR) is 96.9 cm³/mol. The molecule has 0 amide bonds. The lowest BCUT2D eigenvalue weighted by atomic mass is 10.1. The molecule has 0 aliphatic rings. The third kappa shape index (κ3) is 7.75. The number of benzene rings is 1. The summed E-state index contributed by atoms with van der Waals surface area (Å²) in [6.07, 6.45) is 3.30. The lowest BCUT2D eigenvalue weighted by Gasteiger charge is -2.21. The zero-order chi connectivity index (χ0) is 17.6. The van der Waals surface area contributed by atoms with Gasteiger partial charge in [-0.05, 0) is 25.7 Å². The van der Waals surface area contributed by atoms with Gasteiger partial charge in [0.2, 0.25) is 0 Å². The maximum absolute atomic E-state index is 5.82. The van der Waals surface area contributed by atoms with Crippen LogP contribution >= 0.6 is 0 Å². The number of ether oxygens (including phenoxy) is 4. The van der Waals surface area contributed by atoms with Crippen LogP contribution in [0.15, 0.2) is 24.3 Å². The minimum Gasteiger partial charge on any atom is -0.348 e. The monoisotopic (exact) mass is 338 g/mol. The van der Waals surface area contributed by atoms with Crippen molar-refractivity contribution in [2.75, 3.05) is 26.4 Å². The average molecular weight is 338 g/mol. The second-order valence-electron chi connectivity index (χ2n) is 5.81. The topological polar surface area (TPSA) is 36.9 Å².